The van der Waals surface area contributed by atoms with Gasteiger partial charge in [-0.2, -0.15) is 0 Å². The van der Waals surface area contributed by atoms with E-state index in [2.05, 4.69) is 5.32 Å². The maximum absolute atomic E-state index is 12.8. The minimum Gasteiger partial charge on any atom is -0.465 e. The Balaban J connectivity index is 2.64. The zero-order chi connectivity index (χ0) is 13.5. The minimum absolute atomic E-state index is 0.0278. The van der Waals surface area contributed by atoms with Crippen molar-refractivity contribution in [2.24, 2.45) is 0 Å². The molecular formula is C14H20FNO2. The monoisotopic (exact) mass is 253 g/mol. The Morgan fingerprint density at radius 1 is 1.33 bits per heavy atom. The van der Waals surface area contributed by atoms with Crippen LogP contribution in [0.15, 0.2) is 24.3 Å². The van der Waals surface area contributed by atoms with Gasteiger partial charge >= 0.3 is 5.97 Å². The van der Waals surface area contributed by atoms with Crippen LogP contribution in [0.4, 0.5) is 4.39 Å². The van der Waals surface area contributed by atoms with E-state index in [9.17, 15) is 9.18 Å². The van der Waals surface area contributed by atoms with Gasteiger partial charge in [0, 0.05) is 6.04 Å². The van der Waals surface area contributed by atoms with Gasteiger partial charge in [-0.15, -0.1) is 0 Å². The molecular weight excluding hydrogens is 233 g/mol. The highest BCUT2D eigenvalue weighted by Crippen LogP contribution is 2.14. The maximum Gasteiger partial charge on any atom is 0.323 e. The highest BCUT2D eigenvalue weighted by Gasteiger charge is 2.20. The molecule has 0 aromatic heterocycles. The number of hydrogen-bond donors (Lipinski definition) is 1. The van der Waals surface area contributed by atoms with Gasteiger partial charge in [0.2, 0.25) is 0 Å². The van der Waals surface area contributed by atoms with Crippen LogP contribution in [0.2, 0.25) is 0 Å². The summed E-state index contributed by atoms with van der Waals surface area (Å²) in [4.78, 5) is 11.7. The van der Waals surface area contributed by atoms with E-state index < -0.39 is 0 Å². The molecule has 0 spiro atoms. The van der Waals surface area contributed by atoms with Crippen molar-refractivity contribution in [2.45, 2.75) is 39.3 Å². The van der Waals surface area contributed by atoms with E-state index in [-0.39, 0.29) is 23.9 Å². The molecule has 0 fully saturated rings. The molecule has 0 aliphatic rings. The van der Waals surface area contributed by atoms with Gasteiger partial charge in [-0.1, -0.05) is 19.1 Å². The minimum atomic E-state index is -0.329. The lowest BCUT2D eigenvalue weighted by molar-refractivity contribution is -0.146. The molecule has 0 saturated heterocycles. The lowest BCUT2D eigenvalue weighted by atomic mass is 10.1. The third-order valence-electron chi connectivity index (χ3n) is 2.80. The second-order valence-electron chi connectivity index (χ2n) is 4.15. The average Bonchev–Trinajstić information content (AvgIpc) is 2.36. The van der Waals surface area contributed by atoms with Crippen LogP contribution in [-0.4, -0.2) is 18.6 Å². The van der Waals surface area contributed by atoms with Crippen LogP contribution in [0.1, 0.15) is 38.8 Å². The Morgan fingerprint density at radius 3 is 2.44 bits per heavy atom. The molecule has 1 aromatic carbocycles. The fourth-order valence-corrected chi connectivity index (χ4v) is 1.74. The van der Waals surface area contributed by atoms with Gasteiger partial charge in [-0.3, -0.25) is 10.1 Å². The fourth-order valence-electron chi connectivity index (χ4n) is 1.74. The third kappa shape index (κ3) is 4.11. The Labute approximate surface area is 107 Å². The Morgan fingerprint density at radius 2 is 1.94 bits per heavy atom. The molecule has 1 aromatic rings. The van der Waals surface area contributed by atoms with Gasteiger partial charge in [0.1, 0.15) is 11.9 Å². The quantitative estimate of drug-likeness (QED) is 0.792. The van der Waals surface area contributed by atoms with E-state index in [1.165, 1.54) is 12.1 Å². The molecule has 0 bridgehead atoms. The molecule has 1 rings (SSSR count). The largest absolute Gasteiger partial charge is 0.465 e. The molecule has 0 heterocycles. The maximum atomic E-state index is 12.8. The molecule has 0 amide bonds. The molecule has 18 heavy (non-hydrogen) atoms. The van der Waals surface area contributed by atoms with Crippen LogP contribution in [0, 0.1) is 5.82 Å². The van der Waals surface area contributed by atoms with Crippen molar-refractivity contribution in [3.05, 3.63) is 35.6 Å². The van der Waals surface area contributed by atoms with Gasteiger partial charge < -0.3 is 4.74 Å². The van der Waals surface area contributed by atoms with Crippen molar-refractivity contribution < 1.29 is 13.9 Å². The summed E-state index contributed by atoms with van der Waals surface area (Å²) in [5.74, 6) is -0.502. The summed E-state index contributed by atoms with van der Waals surface area (Å²) in [5, 5.41) is 3.19. The Hall–Kier alpha value is -1.42. The molecule has 0 aliphatic carbocycles. The van der Waals surface area contributed by atoms with E-state index >= 15 is 0 Å². The normalized spacial score (nSPS) is 14.0. The van der Waals surface area contributed by atoms with Crippen molar-refractivity contribution in [3.8, 4) is 0 Å². The highest BCUT2D eigenvalue weighted by atomic mass is 19.1. The first kappa shape index (κ1) is 14.6. The zero-order valence-corrected chi connectivity index (χ0v) is 11.1. The van der Waals surface area contributed by atoms with E-state index in [1.54, 1.807) is 19.1 Å². The number of rotatable bonds is 6. The van der Waals surface area contributed by atoms with Crippen LogP contribution in [-0.2, 0) is 9.53 Å². The molecule has 1 unspecified atom stereocenters. The van der Waals surface area contributed by atoms with Crippen molar-refractivity contribution >= 4 is 5.97 Å². The van der Waals surface area contributed by atoms with E-state index in [0.29, 0.717) is 13.0 Å². The molecule has 3 nitrogen and oxygen atoms in total. The molecule has 0 saturated carbocycles. The zero-order valence-electron chi connectivity index (χ0n) is 11.1. The van der Waals surface area contributed by atoms with E-state index in [1.807, 2.05) is 13.8 Å². The summed E-state index contributed by atoms with van der Waals surface area (Å²) in [7, 11) is 0. The first-order chi connectivity index (χ1) is 8.58. The molecule has 0 radical (unpaired) electrons. The summed E-state index contributed by atoms with van der Waals surface area (Å²) in [6, 6.07) is 5.90. The standard InChI is InChI=1S/C14H20FNO2/c1-4-13(14(17)18-5-2)16-10(3)11-6-8-12(15)9-7-11/h6-10,13,16H,4-5H2,1-3H3/t10-,13?/m1/s1. The van der Waals surface area contributed by atoms with Gasteiger partial charge in [-0.25, -0.2) is 4.39 Å². The number of halogens is 1. The van der Waals surface area contributed by atoms with Crippen LogP contribution in [0.3, 0.4) is 0 Å². The van der Waals surface area contributed by atoms with Crippen molar-refractivity contribution in [2.75, 3.05) is 6.61 Å². The summed E-state index contributed by atoms with van der Waals surface area (Å²) >= 11 is 0. The number of nitrogens with one attached hydrogen (secondary N) is 1. The first-order valence-corrected chi connectivity index (χ1v) is 6.26. The Kier molecular flexibility index (Phi) is 5.78. The van der Waals surface area contributed by atoms with Crippen LogP contribution in [0.25, 0.3) is 0 Å². The lowest BCUT2D eigenvalue weighted by Gasteiger charge is -2.21. The number of benzene rings is 1. The van der Waals surface area contributed by atoms with Gasteiger partial charge in [0.15, 0.2) is 0 Å². The second kappa shape index (κ2) is 7.11. The first-order valence-electron chi connectivity index (χ1n) is 6.26. The highest BCUT2D eigenvalue weighted by molar-refractivity contribution is 5.75. The lowest BCUT2D eigenvalue weighted by Crippen LogP contribution is -2.39. The SMILES string of the molecule is CCOC(=O)C(CC)N[C@H](C)c1ccc(F)cc1. The molecule has 0 aliphatic heterocycles. The summed E-state index contributed by atoms with van der Waals surface area (Å²) < 4.78 is 17.8. The number of hydrogen-bond acceptors (Lipinski definition) is 3. The number of carbonyl (C=O) groups is 1. The third-order valence-corrected chi connectivity index (χ3v) is 2.80. The number of carbonyl (C=O) groups excluding carboxylic acids is 1. The van der Waals surface area contributed by atoms with E-state index in [4.69, 9.17) is 4.74 Å². The number of esters is 1. The van der Waals surface area contributed by atoms with Gasteiger partial charge in [-0.05, 0) is 38.0 Å². The van der Waals surface area contributed by atoms with Gasteiger partial charge in [0.05, 0.1) is 6.61 Å². The average molecular weight is 253 g/mol. The molecule has 2 atom stereocenters. The topological polar surface area (TPSA) is 38.3 Å². The van der Waals surface area contributed by atoms with Crippen molar-refractivity contribution in [1.29, 1.82) is 0 Å². The fraction of sp³-hybridized carbons (Fsp3) is 0.500. The summed E-state index contributed by atoms with van der Waals surface area (Å²) in [6.45, 7) is 6.02. The predicted molar refractivity (Wildman–Crippen MR) is 68.7 cm³/mol. The predicted octanol–water partition coefficient (Wildman–Crippen LogP) is 2.82. The van der Waals surface area contributed by atoms with Crippen LogP contribution in [0.5, 0.6) is 0 Å². The van der Waals surface area contributed by atoms with Crippen LogP contribution < -0.4 is 5.32 Å². The Bertz CT molecular complexity index is 378. The smallest absolute Gasteiger partial charge is 0.323 e. The van der Waals surface area contributed by atoms with Crippen molar-refractivity contribution in [1.82, 2.24) is 5.32 Å². The van der Waals surface area contributed by atoms with Crippen molar-refractivity contribution in [3.63, 3.8) is 0 Å². The van der Waals surface area contributed by atoms with Crippen LogP contribution >= 0.6 is 0 Å². The summed E-state index contributed by atoms with van der Waals surface area (Å²) in [5.41, 5.74) is 0.944. The second-order valence-corrected chi connectivity index (χ2v) is 4.15. The number of ether oxygens (including phenoxy) is 1. The molecule has 4 heteroatoms. The molecule has 100 valence electrons. The van der Waals surface area contributed by atoms with E-state index in [0.717, 1.165) is 5.56 Å². The summed E-state index contributed by atoms with van der Waals surface area (Å²) in [6.07, 6.45) is 0.657. The van der Waals surface area contributed by atoms with Gasteiger partial charge in [0.25, 0.3) is 0 Å². The molecule has 1 N–H and O–H groups in total.